The normalized spacial score (nSPS) is 20.9. The summed E-state index contributed by atoms with van der Waals surface area (Å²) in [5, 5.41) is 9.63. The second-order valence-corrected chi connectivity index (χ2v) is 6.34. The summed E-state index contributed by atoms with van der Waals surface area (Å²) < 4.78 is 0. The van der Waals surface area contributed by atoms with Crippen LogP contribution in [0.5, 0.6) is 0 Å². The van der Waals surface area contributed by atoms with Gasteiger partial charge in [0, 0.05) is 12.7 Å². The number of carboxylic acids is 1. The lowest BCUT2D eigenvalue weighted by Gasteiger charge is -2.32. The number of hydrogen-bond donors (Lipinski definition) is 1. The number of hydrogen-bond acceptors (Lipinski definition) is 4. The minimum absolute atomic E-state index is 0.158. The first-order valence-electron chi connectivity index (χ1n) is 7.82. The Kier molecular flexibility index (Phi) is 3.83. The van der Waals surface area contributed by atoms with Gasteiger partial charge in [-0.05, 0) is 30.5 Å². The molecular formula is C17H20N2O4. The SMILES string of the molecule is CN1C(=O)CN(c2ccc(C3(C(=O)O)CCCC3)cc2)CC1=O. The summed E-state index contributed by atoms with van der Waals surface area (Å²) in [6, 6.07) is 7.26. The molecule has 3 rings (SSSR count). The number of rotatable bonds is 3. The fraction of sp³-hybridized carbons (Fsp3) is 0.471. The number of aliphatic carboxylic acids is 1. The average molecular weight is 316 g/mol. The minimum atomic E-state index is -0.785. The van der Waals surface area contributed by atoms with Crippen LogP contribution in [0.2, 0.25) is 0 Å². The number of carbonyl (C=O) groups excluding carboxylic acids is 2. The predicted octanol–water partition coefficient (Wildman–Crippen LogP) is 1.39. The third-order valence-electron chi connectivity index (χ3n) is 5.05. The van der Waals surface area contributed by atoms with E-state index >= 15 is 0 Å². The van der Waals surface area contributed by atoms with Crippen molar-refractivity contribution in [1.82, 2.24) is 4.90 Å². The highest BCUT2D eigenvalue weighted by Gasteiger charge is 2.42. The van der Waals surface area contributed by atoms with Crippen LogP contribution in [-0.4, -0.2) is 47.9 Å². The zero-order valence-electron chi connectivity index (χ0n) is 13.1. The van der Waals surface area contributed by atoms with Crippen molar-refractivity contribution in [3.8, 4) is 0 Å². The molecule has 1 aliphatic heterocycles. The van der Waals surface area contributed by atoms with Crippen LogP contribution in [0, 0.1) is 0 Å². The first-order valence-corrected chi connectivity index (χ1v) is 7.82. The van der Waals surface area contributed by atoms with Gasteiger partial charge in [0.2, 0.25) is 11.8 Å². The lowest BCUT2D eigenvalue weighted by atomic mass is 9.79. The van der Waals surface area contributed by atoms with Gasteiger partial charge in [0.05, 0.1) is 18.5 Å². The van der Waals surface area contributed by atoms with Crippen LogP contribution in [0.1, 0.15) is 31.2 Å². The van der Waals surface area contributed by atoms with E-state index in [0.29, 0.717) is 12.8 Å². The highest BCUT2D eigenvalue weighted by Crippen LogP contribution is 2.41. The van der Waals surface area contributed by atoms with Crippen LogP contribution in [0.15, 0.2) is 24.3 Å². The largest absolute Gasteiger partial charge is 0.481 e. The summed E-state index contributed by atoms with van der Waals surface area (Å²) in [6.07, 6.45) is 3.17. The Morgan fingerprint density at radius 2 is 1.57 bits per heavy atom. The van der Waals surface area contributed by atoms with Gasteiger partial charge in [-0.2, -0.15) is 0 Å². The third kappa shape index (κ3) is 2.58. The molecule has 1 aliphatic carbocycles. The van der Waals surface area contributed by atoms with Crippen LogP contribution in [0.3, 0.4) is 0 Å². The molecule has 1 saturated carbocycles. The Hall–Kier alpha value is -2.37. The highest BCUT2D eigenvalue weighted by molar-refractivity contribution is 6.02. The molecule has 6 heteroatoms. The van der Waals surface area contributed by atoms with Crippen molar-refractivity contribution in [1.29, 1.82) is 0 Å². The molecule has 1 aromatic rings. The maximum Gasteiger partial charge on any atom is 0.314 e. The van der Waals surface area contributed by atoms with Crippen molar-refractivity contribution >= 4 is 23.5 Å². The van der Waals surface area contributed by atoms with Crippen molar-refractivity contribution in [3.63, 3.8) is 0 Å². The molecule has 0 atom stereocenters. The Morgan fingerprint density at radius 1 is 1.04 bits per heavy atom. The molecule has 1 aromatic carbocycles. The smallest absolute Gasteiger partial charge is 0.314 e. The average Bonchev–Trinajstić information content (AvgIpc) is 3.03. The van der Waals surface area contributed by atoms with Crippen LogP contribution in [0.25, 0.3) is 0 Å². The Labute approximate surface area is 134 Å². The number of anilines is 1. The molecule has 2 fully saturated rings. The molecule has 23 heavy (non-hydrogen) atoms. The molecule has 122 valence electrons. The van der Waals surface area contributed by atoms with Crippen molar-refractivity contribution in [2.75, 3.05) is 25.0 Å². The van der Waals surface area contributed by atoms with Crippen molar-refractivity contribution in [2.45, 2.75) is 31.1 Å². The van der Waals surface area contributed by atoms with E-state index in [1.807, 2.05) is 24.3 Å². The van der Waals surface area contributed by atoms with Gasteiger partial charge in [0.25, 0.3) is 0 Å². The Bertz CT molecular complexity index is 629. The van der Waals surface area contributed by atoms with Crippen LogP contribution in [0.4, 0.5) is 5.69 Å². The van der Waals surface area contributed by atoms with Gasteiger partial charge in [-0.25, -0.2) is 0 Å². The number of piperazine rings is 1. The molecule has 6 nitrogen and oxygen atoms in total. The first kappa shape index (κ1) is 15.5. The number of carbonyl (C=O) groups is 3. The van der Waals surface area contributed by atoms with Gasteiger partial charge >= 0.3 is 5.97 Å². The molecular weight excluding hydrogens is 296 g/mol. The maximum atomic E-state index is 11.8. The predicted molar refractivity (Wildman–Crippen MR) is 84.2 cm³/mol. The second kappa shape index (κ2) is 5.68. The van der Waals surface area contributed by atoms with Gasteiger partial charge in [-0.3, -0.25) is 19.3 Å². The topological polar surface area (TPSA) is 77.9 Å². The number of likely N-dealkylation sites (N-methyl/N-ethyl adjacent to an activating group) is 1. The zero-order valence-corrected chi connectivity index (χ0v) is 13.1. The molecule has 0 spiro atoms. The summed E-state index contributed by atoms with van der Waals surface area (Å²) in [4.78, 5) is 38.2. The van der Waals surface area contributed by atoms with E-state index in [0.717, 1.165) is 29.0 Å². The minimum Gasteiger partial charge on any atom is -0.481 e. The van der Waals surface area contributed by atoms with Gasteiger partial charge in [-0.15, -0.1) is 0 Å². The van der Waals surface area contributed by atoms with Gasteiger partial charge in [0.15, 0.2) is 0 Å². The molecule has 0 aromatic heterocycles. The van der Waals surface area contributed by atoms with Gasteiger partial charge < -0.3 is 10.0 Å². The molecule has 1 heterocycles. The summed E-state index contributed by atoms with van der Waals surface area (Å²) >= 11 is 0. The Morgan fingerprint density at radius 3 is 2.04 bits per heavy atom. The highest BCUT2D eigenvalue weighted by atomic mass is 16.4. The monoisotopic (exact) mass is 316 g/mol. The second-order valence-electron chi connectivity index (χ2n) is 6.34. The van der Waals surface area contributed by atoms with Gasteiger partial charge in [0.1, 0.15) is 0 Å². The lowest BCUT2D eigenvalue weighted by molar-refractivity contribution is -0.144. The number of nitrogens with zero attached hydrogens (tertiary/aromatic N) is 2. The van der Waals surface area contributed by atoms with Crippen LogP contribution < -0.4 is 4.90 Å². The molecule has 0 radical (unpaired) electrons. The van der Waals surface area contributed by atoms with Crippen molar-refractivity contribution in [2.24, 2.45) is 0 Å². The summed E-state index contributed by atoms with van der Waals surface area (Å²) in [5.41, 5.74) is 0.784. The standard InChI is InChI=1S/C17H20N2O4/c1-18-14(20)10-19(11-15(18)21)13-6-4-12(5-7-13)17(16(22)23)8-2-3-9-17/h4-7H,2-3,8-11H2,1H3,(H,22,23). The van der Waals surface area contributed by atoms with E-state index in [4.69, 9.17) is 0 Å². The fourth-order valence-corrected chi connectivity index (χ4v) is 3.51. The number of imide groups is 1. The molecule has 1 saturated heterocycles. The molecule has 2 amide bonds. The first-order chi connectivity index (χ1) is 10.9. The zero-order chi connectivity index (χ0) is 16.6. The molecule has 0 unspecified atom stereocenters. The number of carboxylic acid groups (broad SMARTS) is 1. The quantitative estimate of drug-likeness (QED) is 0.853. The van der Waals surface area contributed by atoms with Crippen LogP contribution >= 0.6 is 0 Å². The van der Waals surface area contributed by atoms with Gasteiger partial charge in [-0.1, -0.05) is 25.0 Å². The van der Waals surface area contributed by atoms with Crippen molar-refractivity contribution < 1.29 is 19.5 Å². The number of benzene rings is 1. The fourth-order valence-electron chi connectivity index (χ4n) is 3.51. The van der Waals surface area contributed by atoms with E-state index in [2.05, 4.69) is 0 Å². The lowest BCUT2D eigenvalue weighted by Crippen LogP contribution is -2.52. The van der Waals surface area contributed by atoms with E-state index in [-0.39, 0.29) is 24.9 Å². The summed E-state index contributed by atoms with van der Waals surface area (Å²) in [7, 11) is 1.49. The van der Waals surface area contributed by atoms with E-state index in [1.165, 1.54) is 7.05 Å². The number of amides is 2. The van der Waals surface area contributed by atoms with Crippen molar-refractivity contribution in [3.05, 3.63) is 29.8 Å². The molecule has 1 N–H and O–H groups in total. The van der Waals surface area contributed by atoms with Crippen LogP contribution in [-0.2, 0) is 19.8 Å². The Balaban J connectivity index is 1.84. The molecule has 2 aliphatic rings. The maximum absolute atomic E-state index is 11.8. The van der Waals surface area contributed by atoms with E-state index in [9.17, 15) is 19.5 Å². The van der Waals surface area contributed by atoms with E-state index < -0.39 is 11.4 Å². The van der Waals surface area contributed by atoms with E-state index in [1.54, 1.807) is 4.90 Å². The third-order valence-corrected chi connectivity index (χ3v) is 5.05. The summed E-state index contributed by atoms with van der Waals surface area (Å²) in [5.74, 6) is -1.24. The summed E-state index contributed by atoms with van der Waals surface area (Å²) in [6.45, 7) is 0.317. The molecule has 0 bridgehead atoms.